The molecule has 0 saturated carbocycles. The third-order valence-electron chi connectivity index (χ3n) is 4.57. The fourth-order valence-electron chi connectivity index (χ4n) is 3.22. The van der Waals surface area contributed by atoms with E-state index in [0.29, 0.717) is 11.8 Å². The molecule has 3 N–H and O–H groups in total. The fourth-order valence-corrected chi connectivity index (χ4v) is 3.22. The van der Waals surface area contributed by atoms with E-state index in [4.69, 9.17) is 18.9 Å². The Hall–Kier alpha value is -3.22. The minimum Gasteiger partial charge on any atom is -0.464 e. The van der Waals surface area contributed by atoms with Crippen LogP contribution in [0.3, 0.4) is 0 Å². The van der Waals surface area contributed by atoms with Crippen molar-refractivity contribution in [1.29, 1.82) is 0 Å². The Balaban J connectivity index is 0.00000217. The summed E-state index contributed by atoms with van der Waals surface area (Å²) < 4.78 is 26.0. The molecule has 12 heteroatoms. The van der Waals surface area contributed by atoms with Crippen LogP contribution in [0, 0.1) is 0 Å². The summed E-state index contributed by atoms with van der Waals surface area (Å²) in [5, 5.41) is 14.7. The lowest BCUT2D eigenvalue weighted by atomic mass is 10.1. The number of ether oxygens (including phenoxy) is 5. The molecular weight excluding hydrogens is 488 g/mol. The summed E-state index contributed by atoms with van der Waals surface area (Å²) in [5.74, 6) is -0.828. The van der Waals surface area contributed by atoms with Crippen LogP contribution in [0.5, 0.6) is 5.75 Å². The quantitative estimate of drug-likeness (QED) is 0.246. The Kier molecular flexibility index (Phi) is 13.6. The third-order valence-corrected chi connectivity index (χ3v) is 4.57. The lowest BCUT2D eigenvalue weighted by Crippen LogP contribution is -2.41. The number of carbonyl (C=O) groups excluding carboxylic acids is 4. The molecule has 0 aliphatic carbocycles. The Morgan fingerprint density at radius 1 is 1.14 bits per heavy atom. The molecule has 12 nitrogen and oxygen atoms in total. The molecule has 2 rings (SSSR count). The van der Waals surface area contributed by atoms with Crippen LogP contribution in [0.15, 0.2) is 18.2 Å². The van der Waals surface area contributed by atoms with Gasteiger partial charge in [-0.15, -0.1) is 0 Å². The molecule has 1 aliphatic heterocycles. The number of benzene rings is 1. The first-order valence-corrected chi connectivity index (χ1v) is 11.8. The van der Waals surface area contributed by atoms with Gasteiger partial charge in [-0.2, -0.15) is 0 Å². The molecule has 0 spiro atoms. The minimum absolute atomic E-state index is 0.114. The molecule has 208 valence electrons. The van der Waals surface area contributed by atoms with Gasteiger partial charge in [0.05, 0.1) is 12.2 Å². The maximum Gasteiger partial charge on any atom is 0.407 e. The second-order valence-electron chi connectivity index (χ2n) is 9.14. The van der Waals surface area contributed by atoms with E-state index in [1.807, 2.05) is 0 Å². The van der Waals surface area contributed by atoms with Gasteiger partial charge >= 0.3 is 12.1 Å². The Morgan fingerprint density at radius 3 is 2.35 bits per heavy atom. The monoisotopic (exact) mass is 526 g/mol. The number of aliphatic hydroxyl groups excluding tert-OH is 1. The molecular formula is C25H38N2O10. The van der Waals surface area contributed by atoms with Crippen LogP contribution in [0.25, 0.3) is 0 Å². The number of carbonyl (C=O) groups is 4. The van der Waals surface area contributed by atoms with Crippen molar-refractivity contribution < 1.29 is 48.0 Å². The minimum atomic E-state index is -0.936. The van der Waals surface area contributed by atoms with Gasteiger partial charge in [-0.3, -0.25) is 9.59 Å². The molecule has 1 saturated heterocycles. The lowest BCUT2D eigenvalue weighted by Gasteiger charge is -2.32. The maximum atomic E-state index is 12.8. The Labute approximate surface area is 216 Å². The van der Waals surface area contributed by atoms with E-state index in [2.05, 4.69) is 15.4 Å². The van der Waals surface area contributed by atoms with Crippen molar-refractivity contribution in [3.63, 3.8) is 0 Å². The van der Waals surface area contributed by atoms with Gasteiger partial charge in [-0.25, -0.2) is 4.79 Å². The summed E-state index contributed by atoms with van der Waals surface area (Å²) in [5.41, 5.74) is -0.0230. The highest BCUT2D eigenvalue weighted by atomic mass is 16.7. The Bertz CT molecular complexity index is 900. The molecule has 0 bridgehead atoms. The summed E-state index contributed by atoms with van der Waals surface area (Å²) in [6, 6.07) is 4.56. The average Bonchev–Trinajstić information content (AvgIpc) is 2.80. The van der Waals surface area contributed by atoms with E-state index < -0.39 is 42.1 Å². The van der Waals surface area contributed by atoms with Crippen LogP contribution < -0.4 is 15.4 Å². The third kappa shape index (κ3) is 12.5. The van der Waals surface area contributed by atoms with Crippen LogP contribution in [0.2, 0.25) is 0 Å². The summed E-state index contributed by atoms with van der Waals surface area (Å²) in [4.78, 5) is 47.1. The predicted octanol–water partition coefficient (Wildman–Crippen LogP) is 1.71. The molecule has 1 aromatic carbocycles. The van der Waals surface area contributed by atoms with Crippen LogP contribution in [-0.4, -0.2) is 80.8 Å². The van der Waals surface area contributed by atoms with E-state index in [1.165, 1.54) is 19.1 Å². The van der Waals surface area contributed by atoms with Crippen LogP contribution in [0.4, 0.5) is 4.79 Å². The highest BCUT2D eigenvalue weighted by Gasteiger charge is 2.33. The van der Waals surface area contributed by atoms with E-state index in [1.54, 1.807) is 41.1 Å². The number of nitrogens with one attached hydrogen (secondary N) is 2. The number of aldehydes is 1. The van der Waals surface area contributed by atoms with Crippen molar-refractivity contribution in [3.8, 4) is 5.75 Å². The molecule has 1 fully saturated rings. The zero-order valence-electron chi connectivity index (χ0n) is 22.2. The van der Waals surface area contributed by atoms with Gasteiger partial charge in [-0.05, 0) is 38.5 Å². The lowest BCUT2D eigenvalue weighted by molar-refractivity contribution is -0.188. The van der Waals surface area contributed by atoms with Crippen molar-refractivity contribution in [2.75, 3.05) is 27.3 Å². The first kappa shape index (κ1) is 31.8. The molecule has 3 unspecified atom stereocenters. The molecule has 1 aliphatic rings. The second kappa shape index (κ2) is 15.8. The number of esters is 1. The van der Waals surface area contributed by atoms with E-state index >= 15 is 0 Å². The van der Waals surface area contributed by atoms with Gasteiger partial charge in [0.15, 0.2) is 0 Å². The summed E-state index contributed by atoms with van der Waals surface area (Å²) in [6.45, 7) is 6.46. The summed E-state index contributed by atoms with van der Waals surface area (Å²) in [6.07, 6.45) is -1.94. The van der Waals surface area contributed by atoms with Crippen LogP contribution >= 0.6 is 0 Å². The number of methoxy groups -OCH3 is 1. The first-order valence-electron chi connectivity index (χ1n) is 11.8. The van der Waals surface area contributed by atoms with Gasteiger partial charge in [0.25, 0.3) is 5.91 Å². The summed E-state index contributed by atoms with van der Waals surface area (Å²) in [7, 11) is 3.25. The highest BCUT2D eigenvalue weighted by Crippen LogP contribution is 2.27. The Morgan fingerprint density at radius 2 is 1.78 bits per heavy atom. The molecule has 1 aromatic rings. The maximum absolute atomic E-state index is 12.8. The van der Waals surface area contributed by atoms with Crippen LogP contribution in [-0.2, 0) is 35.1 Å². The number of rotatable bonds is 9. The fraction of sp³-hybridized carbons (Fsp3) is 0.600. The summed E-state index contributed by atoms with van der Waals surface area (Å²) >= 11 is 0. The standard InChI is InChI=1S/C23H32N2O9.C2H6O/c1-14(28)31-16-10-17(13-27)32-20(11-16)33-19-6-5-15(12-26)9-18(19)21(29)24-7-8-25-22(30)34-23(2,3)4;1-3-2/h5-6,9,13,16-17,20,26H,7-8,10-12H2,1-4H3,(H,24,29)(H,25,30);1-2H3. The topological polar surface area (TPSA) is 159 Å². The van der Waals surface area contributed by atoms with E-state index in [-0.39, 0.29) is 43.9 Å². The normalized spacial score (nSPS) is 18.9. The van der Waals surface area contributed by atoms with Crippen LogP contribution in [0.1, 0.15) is 56.5 Å². The molecule has 0 aromatic heterocycles. The van der Waals surface area contributed by atoms with Gasteiger partial charge in [-0.1, -0.05) is 6.07 Å². The highest BCUT2D eigenvalue weighted by molar-refractivity contribution is 5.97. The molecule has 1 heterocycles. The number of alkyl carbamates (subject to hydrolysis) is 1. The SMILES string of the molecule is CC(=O)OC1CC(C=O)OC(Oc2ccc(CO)cc2C(=O)NCCNC(=O)OC(C)(C)C)C1.COC. The van der Waals surface area contributed by atoms with Crippen molar-refractivity contribution in [3.05, 3.63) is 29.3 Å². The van der Waals surface area contributed by atoms with E-state index in [0.717, 1.165) is 0 Å². The number of amides is 2. The zero-order valence-corrected chi connectivity index (χ0v) is 22.2. The van der Waals surface area contributed by atoms with Gasteiger partial charge in [0.2, 0.25) is 6.29 Å². The molecule has 3 atom stereocenters. The first-order chi connectivity index (χ1) is 17.4. The van der Waals surface area contributed by atoms with Gasteiger partial charge in [0.1, 0.15) is 29.8 Å². The van der Waals surface area contributed by atoms with Crippen molar-refractivity contribution in [1.82, 2.24) is 10.6 Å². The smallest absolute Gasteiger partial charge is 0.407 e. The van der Waals surface area contributed by atoms with E-state index in [9.17, 15) is 24.3 Å². The van der Waals surface area contributed by atoms with Crippen molar-refractivity contribution in [2.24, 2.45) is 0 Å². The largest absolute Gasteiger partial charge is 0.464 e. The molecule has 0 radical (unpaired) electrons. The number of hydrogen-bond acceptors (Lipinski definition) is 10. The van der Waals surface area contributed by atoms with Gasteiger partial charge in [0, 0.05) is 47.1 Å². The predicted molar refractivity (Wildman–Crippen MR) is 132 cm³/mol. The average molecular weight is 527 g/mol. The number of hydrogen-bond donors (Lipinski definition) is 3. The van der Waals surface area contributed by atoms with Crippen molar-refractivity contribution >= 4 is 24.3 Å². The van der Waals surface area contributed by atoms with Gasteiger partial charge < -0.3 is 44.2 Å². The second-order valence-corrected chi connectivity index (χ2v) is 9.14. The number of aliphatic hydroxyl groups is 1. The zero-order chi connectivity index (χ0) is 28.0. The molecule has 37 heavy (non-hydrogen) atoms. The molecule has 2 amide bonds. The van der Waals surface area contributed by atoms with Crippen molar-refractivity contribution in [2.45, 2.75) is 71.2 Å².